The average Bonchev–Trinajstić information content (AvgIpc) is 2.74. The maximum Gasteiger partial charge on any atom is 0.337 e. The number of ether oxygens (including phenoxy) is 2. The van der Waals surface area contributed by atoms with Gasteiger partial charge in [0.25, 0.3) is 0 Å². The summed E-state index contributed by atoms with van der Waals surface area (Å²) in [6.45, 7) is 12.7. The van der Waals surface area contributed by atoms with Gasteiger partial charge in [-0.3, -0.25) is 0 Å². The van der Waals surface area contributed by atoms with Gasteiger partial charge in [-0.25, -0.2) is 4.79 Å². The SMILES string of the molecule is CCN(CC)c1ccc(C(COc2ccc(C(=O)OC)cc2)N=O)cc1C(C)(C)C. The van der Waals surface area contributed by atoms with Gasteiger partial charge in [0, 0.05) is 18.8 Å². The molecular formula is C24H32N2O4. The van der Waals surface area contributed by atoms with Gasteiger partial charge in [0.05, 0.1) is 12.7 Å². The second-order valence-electron chi connectivity index (χ2n) is 8.15. The maximum atomic E-state index is 11.6. The highest BCUT2D eigenvalue weighted by atomic mass is 16.5. The summed E-state index contributed by atoms with van der Waals surface area (Å²) in [5.41, 5.74) is 3.56. The molecule has 2 rings (SSSR count). The maximum absolute atomic E-state index is 11.6. The molecule has 0 bridgehead atoms. The van der Waals surface area contributed by atoms with Crippen LogP contribution in [0.25, 0.3) is 0 Å². The number of carbonyl (C=O) groups is 1. The minimum absolute atomic E-state index is 0.0774. The van der Waals surface area contributed by atoms with Gasteiger partial charge in [-0.05, 0) is 60.7 Å². The Bertz CT molecular complexity index is 852. The molecule has 1 unspecified atom stereocenters. The minimum Gasteiger partial charge on any atom is -0.491 e. The first-order valence-corrected chi connectivity index (χ1v) is 10.3. The van der Waals surface area contributed by atoms with E-state index in [9.17, 15) is 9.70 Å². The number of carbonyl (C=O) groups excluding carboxylic acids is 1. The van der Waals surface area contributed by atoms with Crippen molar-refractivity contribution in [3.05, 3.63) is 64.1 Å². The van der Waals surface area contributed by atoms with E-state index in [2.05, 4.69) is 56.8 Å². The number of methoxy groups -OCH3 is 1. The largest absolute Gasteiger partial charge is 0.491 e. The molecule has 0 fully saturated rings. The lowest BCUT2D eigenvalue weighted by Gasteiger charge is -2.31. The van der Waals surface area contributed by atoms with E-state index in [1.54, 1.807) is 24.3 Å². The van der Waals surface area contributed by atoms with Crippen molar-refractivity contribution in [1.82, 2.24) is 0 Å². The first kappa shape index (κ1) is 23.4. The Morgan fingerprint density at radius 1 is 1.07 bits per heavy atom. The molecule has 0 saturated heterocycles. The van der Waals surface area contributed by atoms with Gasteiger partial charge in [0.15, 0.2) is 6.04 Å². The third kappa shape index (κ3) is 5.59. The second kappa shape index (κ2) is 10.2. The zero-order valence-corrected chi connectivity index (χ0v) is 18.8. The number of esters is 1. The van der Waals surface area contributed by atoms with Gasteiger partial charge >= 0.3 is 5.97 Å². The summed E-state index contributed by atoms with van der Waals surface area (Å²) >= 11 is 0. The summed E-state index contributed by atoms with van der Waals surface area (Å²) in [5.74, 6) is 0.157. The van der Waals surface area contributed by atoms with Gasteiger partial charge in [-0.15, -0.1) is 0 Å². The van der Waals surface area contributed by atoms with E-state index >= 15 is 0 Å². The van der Waals surface area contributed by atoms with Gasteiger partial charge < -0.3 is 14.4 Å². The zero-order valence-electron chi connectivity index (χ0n) is 18.8. The molecule has 30 heavy (non-hydrogen) atoms. The summed E-state index contributed by atoms with van der Waals surface area (Å²) in [7, 11) is 1.34. The number of nitroso groups, excluding NO2 is 1. The van der Waals surface area contributed by atoms with Gasteiger partial charge in [0.2, 0.25) is 0 Å². The third-order valence-electron chi connectivity index (χ3n) is 5.13. The molecule has 0 aliphatic rings. The normalized spacial score (nSPS) is 12.2. The molecule has 0 aromatic heterocycles. The van der Waals surface area contributed by atoms with Crippen LogP contribution >= 0.6 is 0 Å². The van der Waals surface area contributed by atoms with Crippen LogP contribution in [0.5, 0.6) is 5.75 Å². The standard InChI is InChI=1S/C24H32N2O4/c1-7-26(8-2)22-14-11-18(15-20(22)24(3,4)5)21(25-28)16-30-19-12-9-17(10-13-19)23(27)29-6/h9-15,21H,7-8,16H2,1-6H3. The summed E-state index contributed by atoms with van der Waals surface area (Å²) in [6.07, 6.45) is 0. The number of hydrogen-bond donors (Lipinski definition) is 0. The molecule has 0 spiro atoms. The Kier molecular flexibility index (Phi) is 7.98. The highest BCUT2D eigenvalue weighted by Crippen LogP contribution is 2.35. The molecule has 2 aromatic carbocycles. The highest BCUT2D eigenvalue weighted by molar-refractivity contribution is 5.89. The van der Waals surface area contributed by atoms with Crippen molar-refractivity contribution in [1.29, 1.82) is 0 Å². The number of hydrogen-bond acceptors (Lipinski definition) is 6. The van der Waals surface area contributed by atoms with Gasteiger partial charge in [0.1, 0.15) is 12.4 Å². The number of benzene rings is 2. The Labute approximate surface area is 179 Å². The molecule has 6 heteroatoms. The molecule has 0 aliphatic heterocycles. The molecule has 0 aliphatic carbocycles. The quantitative estimate of drug-likeness (QED) is 0.402. The predicted molar refractivity (Wildman–Crippen MR) is 121 cm³/mol. The van der Waals surface area contributed by atoms with Crippen LogP contribution in [0.3, 0.4) is 0 Å². The van der Waals surface area contributed by atoms with Crippen LogP contribution in [0.2, 0.25) is 0 Å². The van der Waals surface area contributed by atoms with Crippen molar-refractivity contribution in [3.63, 3.8) is 0 Å². The van der Waals surface area contributed by atoms with Crippen molar-refractivity contribution in [2.24, 2.45) is 5.18 Å². The zero-order chi connectivity index (χ0) is 22.3. The summed E-state index contributed by atoms with van der Waals surface area (Å²) in [5, 5.41) is 3.31. The summed E-state index contributed by atoms with van der Waals surface area (Å²) in [4.78, 5) is 25.4. The lowest BCUT2D eigenvalue weighted by Crippen LogP contribution is -2.26. The number of rotatable bonds is 9. The molecule has 0 radical (unpaired) electrons. The van der Waals surface area contributed by atoms with Crippen LogP contribution in [-0.2, 0) is 10.2 Å². The van der Waals surface area contributed by atoms with Crippen molar-refractivity contribution in [3.8, 4) is 5.75 Å². The van der Waals surface area contributed by atoms with Crippen LogP contribution in [0.4, 0.5) is 5.69 Å². The fraction of sp³-hybridized carbons (Fsp3) is 0.458. The van der Waals surface area contributed by atoms with E-state index < -0.39 is 12.0 Å². The van der Waals surface area contributed by atoms with Crippen LogP contribution < -0.4 is 9.64 Å². The summed E-state index contributed by atoms with van der Waals surface area (Å²) in [6, 6.07) is 12.1. The monoisotopic (exact) mass is 412 g/mol. The van der Waals surface area contributed by atoms with Gasteiger partial charge in [-0.2, -0.15) is 4.91 Å². The average molecular weight is 413 g/mol. The first-order valence-electron chi connectivity index (χ1n) is 10.3. The van der Waals surface area contributed by atoms with E-state index in [4.69, 9.17) is 9.47 Å². The predicted octanol–water partition coefficient (Wildman–Crippen LogP) is 5.50. The lowest BCUT2D eigenvalue weighted by atomic mass is 9.83. The molecular weight excluding hydrogens is 380 g/mol. The van der Waals surface area contributed by atoms with E-state index in [0.29, 0.717) is 11.3 Å². The van der Waals surface area contributed by atoms with Crippen molar-refractivity contribution >= 4 is 11.7 Å². The van der Waals surface area contributed by atoms with Crippen LogP contribution in [0.15, 0.2) is 47.6 Å². The second-order valence-corrected chi connectivity index (χ2v) is 8.15. The number of nitrogens with zero attached hydrogens (tertiary/aromatic N) is 2. The molecule has 1 atom stereocenters. The minimum atomic E-state index is -0.628. The lowest BCUT2D eigenvalue weighted by molar-refractivity contribution is 0.0600. The molecule has 2 aromatic rings. The molecule has 162 valence electrons. The van der Waals surface area contributed by atoms with E-state index in [-0.39, 0.29) is 12.0 Å². The molecule has 0 amide bonds. The fourth-order valence-corrected chi connectivity index (χ4v) is 3.37. The Morgan fingerprint density at radius 2 is 1.70 bits per heavy atom. The Morgan fingerprint density at radius 3 is 2.20 bits per heavy atom. The number of anilines is 1. The van der Waals surface area contributed by atoms with Crippen LogP contribution in [0.1, 0.15) is 62.1 Å². The van der Waals surface area contributed by atoms with Crippen molar-refractivity contribution < 1.29 is 14.3 Å². The molecule has 6 nitrogen and oxygen atoms in total. The Balaban J connectivity index is 2.23. The fourth-order valence-electron chi connectivity index (χ4n) is 3.37. The first-order chi connectivity index (χ1) is 14.2. The summed E-state index contributed by atoms with van der Waals surface area (Å²) < 4.78 is 10.5. The third-order valence-corrected chi connectivity index (χ3v) is 5.13. The van der Waals surface area contributed by atoms with E-state index in [0.717, 1.165) is 18.7 Å². The van der Waals surface area contributed by atoms with E-state index in [1.807, 2.05) is 6.07 Å². The van der Waals surface area contributed by atoms with Crippen molar-refractivity contribution in [2.45, 2.75) is 46.1 Å². The highest BCUT2D eigenvalue weighted by Gasteiger charge is 2.23. The Hall–Kier alpha value is -2.89. The van der Waals surface area contributed by atoms with E-state index in [1.165, 1.54) is 18.4 Å². The van der Waals surface area contributed by atoms with Crippen LogP contribution in [0, 0.1) is 4.91 Å². The smallest absolute Gasteiger partial charge is 0.337 e. The topological polar surface area (TPSA) is 68.2 Å². The van der Waals surface area contributed by atoms with Gasteiger partial charge in [-0.1, -0.05) is 38.1 Å². The van der Waals surface area contributed by atoms with Crippen LogP contribution in [-0.4, -0.2) is 32.8 Å². The molecule has 0 heterocycles. The molecule has 0 N–H and O–H groups in total. The molecule has 0 saturated carbocycles. The van der Waals surface area contributed by atoms with Crippen molar-refractivity contribution in [2.75, 3.05) is 31.7 Å².